The van der Waals surface area contributed by atoms with E-state index in [1.165, 1.54) is 97.1 Å². The predicted octanol–water partition coefficient (Wildman–Crippen LogP) is 9.15. The van der Waals surface area contributed by atoms with Crippen LogP contribution in [0.1, 0.15) is 22.8 Å². The summed E-state index contributed by atoms with van der Waals surface area (Å²) in [6.07, 6.45) is 6.92. The first-order valence-electron chi connectivity index (χ1n) is 18.7. The number of aromatic nitrogens is 4. The Hall–Kier alpha value is -6.30. The zero-order valence-electron chi connectivity index (χ0n) is 33.3. The molecule has 0 saturated carbocycles. The summed E-state index contributed by atoms with van der Waals surface area (Å²) in [7, 11) is -18.2. The van der Waals surface area contributed by atoms with Crippen LogP contribution in [0.3, 0.4) is 0 Å². The third-order valence-electron chi connectivity index (χ3n) is 10.5. The molecule has 4 aromatic carbocycles. The molecule has 338 valence electrons. The van der Waals surface area contributed by atoms with Gasteiger partial charge in [-0.25, -0.2) is 9.97 Å². The number of hydrogen-bond donors (Lipinski definition) is 6. The number of nitrogens with zero attached hydrogens (tertiary/aromatic N) is 2. The van der Waals surface area contributed by atoms with E-state index in [9.17, 15) is 51.9 Å². The lowest BCUT2D eigenvalue weighted by atomic mass is 10.0. The first-order chi connectivity index (χ1) is 30.2. The van der Waals surface area contributed by atoms with E-state index in [4.69, 9.17) is 9.97 Å². The minimum absolute atomic E-state index is 0. The molecule has 8 bridgehead atoms. The Morgan fingerprint density at radius 1 is 0.303 bits per heavy atom. The van der Waals surface area contributed by atoms with Gasteiger partial charge >= 0.3 is 0 Å². The summed E-state index contributed by atoms with van der Waals surface area (Å²) in [5.74, 6) is 0. The van der Waals surface area contributed by atoms with Crippen molar-refractivity contribution in [2.24, 2.45) is 0 Å². The summed E-state index contributed by atoms with van der Waals surface area (Å²) < 4.78 is 135. The van der Waals surface area contributed by atoms with Crippen molar-refractivity contribution in [3.8, 4) is 44.5 Å². The van der Waals surface area contributed by atoms with E-state index in [-0.39, 0.29) is 44.4 Å². The molecule has 0 saturated heterocycles. The maximum absolute atomic E-state index is 12.0. The predicted molar refractivity (Wildman–Crippen MR) is 254 cm³/mol. The van der Waals surface area contributed by atoms with Crippen molar-refractivity contribution in [2.75, 3.05) is 0 Å². The lowest BCUT2D eigenvalue weighted by molar-refractivity contribution is 0.481. The van der Waals surface area contributed by atoms with Crippen LogP contribution < -0.4 is 0 Å². The maximum atomic E-state index is 12.0. The Kier molecular flexibility index (Phi) is 12.6. The largest absolute Gasteiger partial charge is 0.354 e. The van der Waals surface area contributed by atoms with Crippen LogP contribution in [0.4, 0.5) is 0 Å². The molecule has 5 heterocycles. The fraction of sp³-hybridized carbons (Fsp3) is 0. The number of hydrogen-bond acceptors (Lipinski definition) is 10. The van der Waals surface area contributed by atoms with Crippen LogP contribution in [0.25, 0.3) is 90.9 Å². The Labute approximate surface area is 389 Å². The summed E-state index contributed by atoms with van der Waals surface area (Å²) in [6, 6.07) is 29.0. The van der Waals surface area contributed by atoms with E-state index in [1.54, 1.807) is 48.6 Å². The second-order valence-electron chi connectivity index (χ2n) is 14.5. The van der Waals surface area contributed by atoms with Crippen LogP contribution in [-0.2, 0) is 40.5 Å². The number of H-pyrrole nitrogens is 2. The quantitative estimate of drug-likeness (QED) is 0.0775. The van der Waals surface area contributed by atoms with Crippen molar-refractivity contribution >= 4 is 112 Å². The topological polar surface area (TPSA) is 275 Å². The van der Waals surface area contributed by atoms with Crippen LogP contribution in [0.2, 0.25) is 0 Å². The Morgan fingerprint density at radius 3 is 0.652 bits per heavy atom. The van der Waals surface area contributed by atoms with Crippen LogP contribution in [0, 0.1) is 0 Å². The van der Waals surface area contributed by atoms with Gasteiger partial charge in [-0.1, -0.05) is 48.5 Å². The SMILES string of the molecule is Cl.Cl.O=S(=O)(O)c1ccc(-c2c3nc(c(-c4ccc(S(=O)(=O)O)cc4)c4ccc([nH]4)c(-c4ccc(S(=O)(=O)O)cc4)c4nc(c(-c5ccc(S(=O)(=O)O)cc5)c5ccc2[nH]5)C=C4)C=C3)cc1. The fourth-order valence-corrected chi connectivity index (χ4v) is 9.51. The van der Waals surface area contributed by atoms with Gasteiger partial charge in [-0.05, 0) is 119 Å². The fourth-order valence-electron chi connectivity index (χ4n) is 7.59. The third kappa shape index (κ3) is 9.24. The second kappa shape index (κ2) is 17.5. The zero-order valence-corrected chi connectivity index (χ0v) is 38.2. The smallest absolute Gasteiger partial charge is 0.294 e. The second-order valence-corrected chi connectivity index (χ2v) is 20.2. The summed E-state index contributed by atoms with van der Waals surface area (Å²) in [5.41, 5.74) is 7.41. The molecule has 0 atom stereocenters. The van der Waals surface area contributed by atoms with E-state index < -0.39 is 40.5 Å². The Morgan fingerprint density at radius 2 is 0.485 bits per heavy atom. The minimum atomic E-state index is -4.55. The molecule has 2 aliphatic heterocycles. The van der Waals surface area contributed by atoms with Crippen molar-refractivity contribution < 1.29 is 51.9 Å². The van der Waals surface area contributed by atoms with Gasteiger partial charge < -0.3 is 9.97 Å². The molecule has 6 N–H and O–H groups in total. The molecule has 9 rings (SSSR count). The normalized spacial score (nSPS) is 12.7. The van der Waals surface area contributed by atoms with E-state index >= 15 is 0 Å². The van der Waals surface area contributed by atoms with E-state index in [0.29, 0.717) is 89.4 Å². The summed E-state index contributed by atoms with van der Waals surface area (Å²) in [6.45, 7) is 0. The molecule has 66 heavy (non-hydrogen) atoms. The van der Waals surface area contributed by atoms with Gasteiger partial charge in [0.15, 0.2) is 0 Å². The molecule has 0 amide bonds. The monoisotopic (exact) mass is 1010 g/mol. The van der Waals surface area contributed by atoms with E-state index in [0.717, 1.165) is 0 Å². The van der Waals surface area contributed by atoms with Gasteiger partial charge in [0.25, 0.3) is 40.5 Å². The first-order valence-corrected chi connectivity index (χ1v) is 24.5. The van der Waals surface area contributed by atoms with Crippen LogP contribution in [-0.4, -0.2) is 71.8 Å². The molecule has 22 heteroatoms. The molecule has 0 unspecified atom stereocenters. The maximum Gasteiger partial charge on any atom is 0.294 e. The van der Waals surface area contributed by atoms with E-state index in [1.807, 2.05) is 0 Å². The zero-order chi connectivity index (χ0) is 45.3. The summed E-state index contributed by atoms with van der Waals surface area (Å²) in [4.78, 5) is 15.6. The molecule has 7 aromatic rings. The van der Waals surface area contributed by atoms with Gasteiger partial charge in [0.05, 0.1) is 42.4 Å². The molecule has 0 radical (unpaired) electrons. The van der Waals surface area contributed by atoms with Gasteiger partial charge in [0, 0.05) is 44.3 Å². The first kappa shape index (κ1) is 47.7. The molecule has 3 aromatic heterocycles. The average Bonchev–Trinajstić information content (AvgIpc) is 4.08. The lowest BCUT2D eigenvalue weighted by Crippen LogP contribution is -1.98. The van der Waals surface area contributed by atoms with Crippen LogP contribution >= 0.6 is 24.8 Å². The Bertz CT molecular complexity index is 3310. The van der Waals surface area contributed by atoms with Gasteiger partial charge in [-0.3, -0.25) is 18.2 Å². The van der Waals surface area contributed by atoms with Gasteiger partial charge in [0.1, 0.15) is 0 Å². The van der Waals surface area contributed by atoms with Gasteiger partial charge in [0.2, 0.25) is 0 Å². The molecule has 0 spiro atoms. The molecule has 0 fully saturated rings. The number of nitrogens with one attached hydrogen (secondary N) is 2. The molecule has 0 aliphatic carbocycles. The van der Waals surface area contributed by atoms with Crippen molar-refractivity contribution in [1.29, 1.82) is 0 Å². The average molecular weight is 1010 g/mol. The van der Waals surface area contributed by atoms with Crippen molar-refractivity contribution in [1.82, 2.24) is 19.9 Å². The molecular weight excluding hydrogens is 976 g/mol. The highest BCUT2D eigenvalue weighted by molar-refractivity contribution is 7.86. The summed E-state index contributed by atoms with van der Waals surface area (Å²) >= 11 is 0. The van der Waals surface area contributed by atoms with Gasteiger partial charge in [-0.15, -0.1) is 24.8 Å². The molecule has 16 nitrogen and oxygen atoms in total. The lowest BCUT2D eigenvalue weighted by Gasteiger charge is -2.08. The number of rotatable bonds is 8. The highest BCUT2D eigenvalue weighted by Gasteiger charge is 2.21. The Balaban J connectivity index is 0.00000324. The minimum Gasteiger partial charge on any atom is -0.354 e. The highest BCUT2D eigenvalue weighted by atomic mass is 35.5. The number of halogens is 2. The number of aromatic amines is 2. The number of benzene rings is 4. The third-order valence-corrected chi connectivity index (χ3v) is 14.0. The molecular formula is C44H32Cl2N4O12S4. The van der Waals surface area contributed by atoms with E-state index in [2.05, 4.69) is 9.97 Å². The van der Waals surface area contributed by atoms with Crippen LogP contribution in [0.15, 0.2) is 141 Å². The molecule has 2 aliphatic rings. The standard InChI is InChI=1S/C44H30N4O12S4.2ClH/c49-61(50,51)29-9-1-25(2-10-29)41-33-17-19-35(45-33)42(26-3-11-30(12-4-26)62(52,53)54)37-21-23-39(47-37)44(28-7-15-32(16-8-28)64(58,59)60)40-24-22-38(48-40)43(36-20-18-34(41)46-36)27-5-13-31(14-6-27)63(55,56)57;;/h1-24,45,48H,(H,49,50,51)(H,52,53,54)(H,55,56,57)(H,58,59,60);2*1H. The summed E-state index contributed by atoms with van der Waals surface area (Å²) in [5, 5.41) is 0. The van der Waals surface area contributed by atoms with Gasteiger partial charge in [-0.2, -0.15) is 33.7 Å². The van der Waals surface area contributed by atoms with Crippen molar-refractivity contribution in [2.45, 2.75) is 19.6 Å². The highest BCUT2D eigenvalue weighted by Crippen LogP contribution is 2.39. The van der Waals surface area contributed by atoms with Crippen molar-refractivity contribution in [3.63, 3.8) is 0 Å². The van der Waals surface area contributed by atoms with Crippen LogP contribution in [0.5, 0.6) is 0 Å². The number of fused-ring (bicyclic) bond motifs is 8. The van der Waals surface area contributed by atoms with Crippen molar-refractivity contribution in [3.05, 3.63) is 144 Å².